The van der Waals surface area contributed by atoms with E-state index in [-0.39, 0.29) is 5.56 Å². The van der Waals surface area contributed by atoms with Crippen molar-refractivity contribution in [2.75, 3.05) is 0 Å². The van der Waals surface area contributed by atoms with Crippen molar-refractivity contribution >= 4 is 17.0 Å². The van der Waals surface area contributed by atoms with Gasteiger partial charge in [-0.25, -0.2) is 9.78 Å². The minimum absolute atomic E-state index is 0.235. The lowest BCUT2D eigenvalue weighted by molar-refractivity contribution is 0.0699. The van der Waals surface area contributed by atoms with Gasteiger partial charge in [0.1, 0.15) is 11.8 Å². The zero-order chi connectivity index (χ0) is 14.8. The fourth-order valence-electron chi connectivity index (χ4n) is 2.63. The molecule has 0 aliphatic heterocycles. The molecule has 4 nitrogen and oxygen atoms in total. The van der Waals surface area contributed by atoms with Crippen LogP contribution < -0.4 is 0 Å². The quantitative estimate of drug-likeness (QED) is 0.793. The van der Waals surface area contributed by atoms with Gasteiger partial charge in [-0.3, -0.25) is 4.57 Å². The standard InChI is InChI=1S/C17H16N2O2/c1-2-6-12-7-3-4-9-14(12)19-11-18-16-13(17(20)21)8-5-10-15(16)19/h3-5,7-11H,2,6H2,1H3,(H,20,21). The molecule has 3 aromatic rings. The number of para-hydroxylation sites is 2. The highest BCUT2D eigenvalue weighted by atomic mass is 16.4. The summed E-state index contributed by atoms with van der Waals surface area (Å²) in [6, 6.07) is 13.4. The maximum Gasteiger partial charge on any atom is 0.337 e. The second kappa shape index (κ2) is 5.40. The molecule has 0 saturated carbocycles. The maximum atomic E-state index is 11.3. The van der Waals surface area contributed by atoms with Crippen LogP contribution in [0.25, 0.3) is 16.7 Å². The van der Waals surface area contributed by atoms with E-state index < -0.39 is 5.97 Å². The molecule has 1 heterocycles. The molecule has 0 unspecified atom stereocenters. The normalized spacial score (nSPS) is 10.9. The Hall–Kier alpha value is -2.62. The molecule has 106 valence electrons. The molecule has 2 aromatic carbocycles. The number of nitrogens with zero attached hydrogens (tertiary/aromatic N) is 2. The van der Waals surface area contributed by atoms with Gasteiger partial charge in [0.2, 0.25) is 0 Å². The predicted molar refractivity (Wildman–Crippen MR) is 82.0 cm³/mol. The van der Waals surface area contributed by atoms with Gasteiger partial charge in [-0.05, 0) is 30.2 Å². The van der Waals surface area contributed by atoms with Crippen LogP contribution in [0.1, 0.15) is 29.3 Å². The molecule has 0 spiro atoms. The van der Waals surface area contributed by atoms with Gasteiger partial charge >= 0.3 is 5.97 Å². The number of hydrogen-bond acceptors (Lipinski definition) is 2. The van der Waals surface area contributed by atoms with Crippen molar-refractivity contribution in [2.24, 2.45) is 0 Å². The van der Waals surface area contributed by atoms with Gasteiger partial charge in [-0.15, -0.1) is 0 Å². The minimum Gasteiger partial charge on any atom is -0.478 e. The van der Waals surface area contributed by atoms with Gasteiger partial charge in [0.25, 0.3) is 0 Å². The smallest absolute Gasteiger partial charge is 0.337 e. The monoisotopic (exact) mass is 280 g/mol. The molecule has 1 N–H and O–H groups in total. The van der Waals surface area contributed by atoms with Gasteiger partial charge in [-0.2, -0.15) is 0 Å². The number of hydrogen-bond donors (Lipinski definition) is 1. The lowest BCUT2D eigenvalue weighted by atomic mass is 10.1. The first-order valence-corrected chi connectivity index (χ1v) is 7.00. The third-order valence-electron chi connectivity index (χ3n) is 3.58. The molecule has 0 aliphatic carbocycles. The fraction of sp³-hybridized carbons (Fsp3) is 0.176. The molecular formula is C17H16N2O2. The Bertz CT molecular complexity index is 805. The zero-order valence-corrected chi connectivity index (χ0v) is 11.8. The van der Waals surface area contributed by atoms with Crippen LogP contribution >= 0.6 is 0 Å². The fourth-order valence-corrected chi connectivity index (χ4v) is 2.63. The van der Waals surface area contributed by atoms with Gasteiger partial charge in [0, 0.05) is 0 Å². The van der Waals surface area contributed by atoms with Crippen molar-refractivity contribution in [2.45, 2.75) is 19.8 Å². The van der Waals surface area contributed by atoms with Crippen molar-refractivity contribution in [3.63, 3.8) is 0 Å². The highest BCUT2D eigenvalue weighted by Crippen LogP contribution is 2.24. The van der Waals surface area contributed by atoms with Crippen LogP contribution in [0.4, 0.5) is 0 Å². The van der Waals surface area contributed by atoms with Crippen molar-refractivity contribution in [3.8, 4) is 5.69 Å². The van der Waals surface area contributed by atoms with E-state index in [9.17, 15) is 9.90 Å². The van der Waals surface area contributed by atoms with Crippen LogP contribution in [-0.2, 0) is 6.42 Å². The van der Waals surface area contributed by atoms with E-state index in [1.165, 1.54) is 5.56 Å². The van der Waals surface area contributed by atoms with E-state index in [0.717, 1.165) is 24.0 Å². The summed E-state index contributed by atoms with van der Waals surface area (Å²) in [7, 11) is 0. The molecule has 0 fully saturated rings. The molecule has 0 saturated heterocycles. The van der Waals surface area contributed by atoms with E-state index in [1.807, 2.05) is 28.8 Å². The SMILES string of the molecule is CCCc1ccccc1-n1cnc2c(C(=O)O)cccc21. The predicted octanol–water partition coefficient (Wildman–Crippen LogP) is 3.68. The molecule has 1 aromatic heterocycles. The average Bonchev–Trinajstić information content (AvgIpc) is 2.91. The Morgan fingerprint density at radius 3 is 2.76 bits per heavy atom. The summed E-state index contributed by atoms with van der Waals surface area (Å²) in [5.41, 5.74) is 3.87. The molecular weight excluding hydrogens is 264 g/mol. The molecule has 0 aliphatic rings. The number of aromatic nitrogens is 2. The highest BCUT2D eigenvalue weighted by Gasteiger charge is 2.14. The Kier molecular flexibility index (Phi) is 3.44. The van der Waals surface area contributed by atoms with E-state index in [4.69, 9.17) is 0 Å². The molecule has 21 heavy (non-hydrogen) atoms. The second-order valence-corrected chi connectivity index (χ2v) is 4.97. The minimum atomic E-state index is -0.951. The van der Waals surface area contributed by atoms with E-state index >= 15 is 0 Å². The summed E-state index contributed by atoms with van der Waals surface area (Å²) in [5.74, 6) is -0.951. The molecule has 0 atom stereocenters. The summed E-state index contributed by atoms with van der Waals surface area (Å²) in [6.45, 7) is 2.14. The van der Waals surface area contributed by atoms with Gasteiger partial charge in [0.05, 0.1) is 16.8 Å². The number of rotatable bonds is 4. The van der Waals surface area contributed by atoms with E-state index in [1.54, 1.807) is 18.5 Å². The van der Waals surface area contributed by atoms with Crippen LogP contribution in [-0.4, -0.2) is 20.6 Å². The summed E-state index contributed by atoms with van der Waals surface area (Å²) in [5, 5.41) is 9.25. The van der Waals surface area contributed by atoms with Gasteiger partial charge in [-0.1, -0.05) is 37.6 Å². The van der Waals surface area contributed by atoms with Crippen molar-refractivity contribution < 1.29 is 9.90 Å². The van der Waals surface area contributed by atoms with E-state index in [0.29, 0.717) is 5.52 Å². The number of carbonyl (C=O) groups is 1. The van der Waals surface area contributed by atoms with Crippen LogP contribution in [0, 0.1) is 0 Å². The summed E-state index contributed by atoms with van der Waals surface area (Å²) in [4.78, 5) is 15.6. The summed E-state index contributed by atoms with van der Waals surface area (Å²) < 4.78 is 1.97. The molecule has 0 amide bonds. The Labute approximate surface area is 122 Å². The number of benzene rings is 2. The van der Waals surface area contributed by atoms with Crippen molar-refractivity contribution in [1.29, 1.82) is 0 Å². The maximum absolute atomic E-state index is 11.3. The largest absolute Gasteiger partial charge is 0.478 e. The molecule has 4 heteroatoms. The third-order valence-corrected chi connectivity index (χ3v) is 3.58. The third kappa shape index (κ3) is 2.29. The van der Waals surface area contributed by atoms with Crippen LogP contribution in [0.5, 0.6) is 0 Å². The van der Waals surface area contributed by atoms with Crippen molar-refractivity contribution in [1.82, 2.24) is 9.55 Å². The first-order valence-electron chi connectivity index (χ1n) is 7.00. The highest BCUT2D eigenvalue weighted by molar-refractivity contribution is 6.01. The van der Waals surface area contributed by atoms with Gasteiger partial charge < -0.3 is 5.11 Å². The number of imidazole rings is 1. The van der Waals surface area contributed by atoms with Crippen molar-refractivity contribution in [3.05, 3.63) is 59.9 Å². The first kappa shape index (κ1) is 13.4. The van der Waals surface area contributed by atoms with Crippen LogP contribution in [0.2, 0.25) is 0 Å². The lowest BCUT2D eigenvalue weighted by Crippen LogP contribution is -2.00. The topological polar surface area (TPSA) is 55.1 Å². The number of carboxylic acids is 1. The Morgan fingerprint density at radius 2 is 2.00 bits per heavy atom. The lowest BCUT2D eigenvalue weighted by Gasteiger charge is -2.10. The summed E-state index contributed by atoms with van der Waals surface area (Å²) in [6.07, 6.45) is 3.74. The number of carboxylic acid groups (broad SMARTS) is 1. The number of aromatic carboxylic acids is 1. The van der Waals surface area contributed by atoms with Crippen LogP contribution in [0.3, 0.4) is 0 Å². The Balaban J connectivity index is 2.23. The molecule has 0 radical (unpaired) electrons. The molecule has 0 bridgehead atoms. The van der Waals surface area contributed by atoms with E-state index in [2.05, 4.69) is 18.0 Å². The Morgan fingerprint density at radius 1 is 1.19 bits per heavy atom. The zero-order valence-electron chi connectivity index (χ0n) is 11.8. The van der Waals surface area contributed by atoms with Crippen LogP contribution in [0.15, 0.2) is 48.8 Å². The molecule has 3 rings (SSSR count). The van der Waals surface area contributed by atoms with Gasteiger partial charge in [0.15, 0.2) is 0 Å². The first-order chi connectivity index (χ1) is 10.2. The average molecular weight is 280 g/mol. The number of aryl methyl sites for hydroxylation is 1. The summed E-state index contributed by atoms with van der Waals surface area (Å²) >= 11 is 0. The second-order valence-electron chi connectivity index (χ2n) is 4.97. The number of fused-ring (bicyclic) bond motifs is 1.